The highest BCUT2D eigenvalue weighted by molar-refractivity contribution is 5.84. The molecule has 0 amide bonds. The molecule has 0 radical (unpaired) electrons. The number of Topliss-reactive ketones (excluding diaryl/α,β-unsaturated/α-hetero) is 1. The number of ketones is 1. The molecule has 1 rings (SSSR count). The molecule has 2 heteroatoms. The van der Waals surface area contributed by atoms with Crippen LogP contribution in [0.1, 0.15) is 46.5 Å². The Morgan fingerprint density at radius 2 is 2.08 bits per heavy atom. The summed E-state index contributed by atoms with van der Waals surface area (Å²) in [6, 6.07) is 0. The lowest BCUT2D eigenvalue weighted by Crippen LogP contribution is -2.34. The van der Waals surface area contributed by atoms with Crippen molar-refractivity contribution < 1.29 is 9.53 Å². The topological polar surface area (TPSA) is 26.3 Å². The van der Waals surface area contributed by atoms with Gasteiger partial charge >= 0.3 is 0 Å². The average molecular weight is 184 g/mol. The van der Waals surface area contributed by atoms with Crippen molar-refractivity contribution in [1.82, 2.24) is 0 Å². The van der Waals surface area contributed by atoms with Gasteiger partial charge in [0.2, 0.25) is 0 Å². The maximum Gasteiger partial charge on any atom is 0.164 e. The number of carbonyl (C=O) groups is 1. The van der Waals surface area contributed by atoms with Crippen LogP contribution in [0.5, 0.6) is 0 Å². The van der Waals surface area contributed by atoms with E-state index < -0.39 is 0 Å². The van der Waals surface area contributed by atoms with E-state index in [9.17, 15) is 4.79 Å². The van der Waals surface area contributed by atoms with Crippen LogP contribution in [0, 0.1) is 5.92 Å². The third-order valence-electron chi connectivity index (χ3n) is 2.67. The van der Waals surface area contributed by atoms with Crippen LogP contribution in [-0.4, -0.2) is 18.0 Å². The number of carbonyl (C=O) groups excluding carboxylic acids is 1. The molecule has 0 N–H and O–H groups in total. The number of hydrogen-bond acceptors (Lipinski definition) is 2. The van der Waals surface area contributed by atoms with E-state index in [1.807, 2.05) is 20.8 Å². The summed E-state index contributed by atoms with van der Waals surface area (Å²) >= 11 is 0. The smallest absolute Gasteiger partial charge is 0.164 e. The van der Waals surface area contributed by atoms with Gasteiger partial charge in [-0.05, 0) is 25.7 Å². The molecule has 1 saturated carbocycles. The van der Waals surface area contributed by atoms with Gasteiger partial charge in [0, 0.05) is 5.92 Å². The van der Waals surface area contributed by atoms with Crippen LogP contribution in [0.15, 0.2) is 0 Å². The van der Waals surface area contributed by atoms with E-state index >= 15 is 0 Å². The summed E-state index contributed by atoms with van der Waals surface area (Å²) in [4.78, 5) is 11.6. The standard InChI is InChI=1S/C11H20O2/c1-4-10(11(12)8(2)3)13-9-6-5-7-9/h8-10H,4-7H2,1-3H3/t10-/m0/s1. The monoisotopic (exact) mass is 184 g/mol. The van der Waals surface area contributed by atoms with Gasteiger partial charge < -0.3 is 4.74 Å². The van der Waals surface area contributed by atoms with Crippen molar-refractivity contribution in [3.05, 3.63) is 0 Å². The Morgan fingerprint density at radius 3 is 2.38 bits per heavy atom. The SMILES string of the molecule is CC[C@H](OC1CCC1)C(=O)C(C)C. The van der Waals surface area contributed by atoms with E-state index in [1.54, 1.807) is 0 Å². The van der Waals surface area contributed by atoms with Crippen molar-refractivity contribution in [2.75, 3.05) is 0 Å². The number of hydrogen-bond donors (Lipinski definition) is 0. The summed E-state index contributed by atoms with van der Waals surface area (Å²) in [7, 11) is 0. The Kier molecular flexibility index (Phi) is 3.91. The minimum atomic E-state index is -0.148. The molecule has 0 aromatic heterocycles. The fourth-order valence-corrected chi connectivity index (χ4v) is 1.48. The van der Waals surface area contributed by atoms with Crippen molar-refractivity contribution in [2.24, 2.45) is 5.92 Å². The van der Waals surface area contributed by atoms with Gasteiger partial charge in [-0.3, -0.25) is 4.79 Å². The Bertz CT molecular complexity index is 171. The quantitative estimate of drug-likeness (QED) is 0.656. The fourth-order valence-electron chi connectivity index (χ4n) is 1.48. The summed E-state index contributed by atoms with van der Waals surface area (Å²) in [5, 5.41) is 0. The van der Waals surface area contributed by atoms with Crippen molar-refractivity contribution in [3.63, 3.8) is 0 Å². The molecule has 76 valence electrons. The summed E-state index contributed by atoms with van der Waals surface area (Å²) < 4.78 is 5.71. The molecule has 2 nitrogen and oxygen atoms in total. The zero-order valence-electron chi connectivity index (χ0n) is 8.88. The second kappa shape index (κ2) is 4.75. The molecule has 0 aromatic rings. The molecule has 0 aliphatic heterocycles. The van der Waals surface area contributed by atoms with Gasteiger partial charge in [0.1, 0.15) is 6.10 Å². The van der Waals surface area contributed by atoms with Crippen LogP contribution in [0.2, 0.25) is 0 Å². The van der Waals surface area contributed by atoms with Crippen molar-refractivity contribution in [3.8, 4) is 0 Å². The van der Waals surface area contributed by atoms with Crippen molar-refractivity contribution in [2.45, 2.75) is 58.7 Å². The van der Waals surface area contributed by atoms with Gasteiger partial charge in [-0.2, -0.15) is 0 Å². The van der Waals surface area contributed by atoms with Crippen molar-refractivity contribution in [1.29, 1.82) is 0 Å². The molecule has 0 aromatic carbocycles. The highest BCUT2D eigenvalue weighted by Crippen LogP contribution is 2.24. The van der Waals surface area contributed by atoms with Crippen LogP contribution < -0.4 is 0 Å². The van der Waals surface area contributed by atoms with E-state index in [1.165, 1.54) is 6.42 Å². The maximum absolute atomic E-state index is 11.6. The first-order valence-corrected chi connectivity index (χ1v) is 5.34. The minimum absolute atomic E-state index is 0.102. The second-order valence-electron chi connectivity index (χ2n) is 4.14. The molecule has 0 saturated heterocycles. The summed E-state index contributed by atoms with van der Waals surface area (Å²) in [5.74, 6) is 0.361. The normalized spacial score (nSPS) is 20.0. The third kappa shape index (κ3) is 2.80. The van der Waals surface area contributed by atoms with Gasteiger partial charge in [0.25, 0.3) is 0 Å². The van der Waals surface area contributed by atoms with E-state index in [0.29, 0.717) is 6.10 Å². The molecule has 13 heavy (non-hydrogen) atoms. The average Bonchev–Trinajstić information content (AvgIpc) is 2.02. The fraction of sp³-hybridized carbons (Fsp3) is 0.909. The maximum atomic E-state index is 11.6. The molecule has 1 fully saturated rings. The number of ether oxygens (including phenoxy) is 1. The largest absolute Gasteiger partial charge is 0.367 e. The Hall–Kier alpha value is -0.370. The highest BCUT2D eigenvalue weighted by Gasteiger charge is 2.26. The molecule has 0 spiro atoms. The first-order valence-electron chi connectivity index (χ1n) is 5.34. The van der Waals surface area contributed by atoms with Crippen LogP contribution >= 0.6 is 0 Å². The summed E-state index contributed by atoms with van der Waals surface area (Å²) in [6.45, 7) is 5.90. The molecule has 0 heterocycles. The molecular weight excluding hydrogens is 164 g/mol. The van der Waals surface area contributed by atoms with Crippen LogP contribution in [0.3, 0.4) is 0 Å². The van der Waals surface area contributed by atoms with Crippen molar-refractivity contribution >= 4 is 5.78 Å². The second-order valence-corrected chi connectivity index (χ2v) is 4.14. The van der Waals surface area contributed by atoms with E-state index in [0.717, 1.165) is 19.3 Å². The first-order chi connectivity index (χ1) is 6.15. The van der Waals surface area contributed by atoms with Gasteiger partial charge in [-0.15, -0.1) is 0 Å². The molecular formula is C11H20O2. The first kappa shape index (κ1) is 10.7. The Labute approximate surface area is 80.7 Å². The van der Waals surface area contributed by atoms with Gasteiger partial charge in [-0.25, -0.2) is 0 Å². The predicted octanol–water partition coefficient (Wildman–Crippen LogP) is 2.56. The lowest BCUT2D eigenvalue weighted by atomic mass is 9.95. The number of rotatable bonds is 5. The molecule has 0 unspecified atom stereocenters. The van der Waals surface area contributed by atoms with Crippen LogP contribution in [0.4, 0.5) is 0 Å². The molecule has 0 bridgehead atoms. The van der Waals surface area contributed by atoms with Gasteiger partial charge in [0.15, 0.2) is 5.78 Å². The zero-order chi connectivity index (χ0) is 9.84. The Morgan fingerprint density at radius 1 is 1.46 bits per heavy atom. The lowest BCUT2D eigenvalue weighted by molar-refractivity contribution is -0.141. The lowest BCUT2D eigenvalue weighted by Gasteiger charge is -2.30. The Balaban J connectivity index is 2.36. The van der Waals surface area contributed by atoms with Gasteiger partial charge in [-0.1, -0.05) is 20.8 Å². The summed E-state index contributed by atoms with van der Waals surface area (Å²) in [6.07, 6.45) is 4.58. The van der Waals surface area contributed by atoms with E-state index in [4.69, 9.17) is 4.74 Å². The predicted molar refractivity (Wildman–Crippen MR) is 52.6 cm³/mol. The van der Waals surface area contributed by atoms with Crippen LogP contribution in [-0.2, 0) is 9.53 Å². The molecule has 1 aliphatic carbocycles. The van der Waals surface area contributed by atoms with Gasteiger partial charge in [0.05, 0.1) is 6.10 Å². The zero-order valence-corrected chi connectivity index (χ0v) is 8.88. The van der Waals surface area contributed by atoms with E-state index in [2.05, 4.69) is 0 Å². The van der Waals surface area contributed by atoms with E-state index in [-0.39, 0.29) is 17.8 Å². The molecule has 1 atom stereocenters. The molecule has 1 aliphatic rings. The minimum Gasteiger partial charge on any atom is -0.367 e. The highest BCUT2D eigenvalue weighted by atomic mass is 16.5. The third-order valence-corrected chi connectivity index (χ3v) is 2.67. The van der Waals surface area contributed by atoms with Crippen LogP contribution in [0.25, 0.3) is 0 Å². The summed E-state index contributed by atoms with van der Waals surface area (Å²) in [5.41, 5.74) is 0.